The number of ether oxygens (including phenoxy) is 1. The molecule has 1 spiro atoms. The van der Waals surface area contributed by atoms with E-state index >= 15 is 0 Å². The average Bonchev–Trinajstić information content (AvgIpc) is 3.55. The number of alkyl halides is 3. The smallest absolute Gasteiger partial charge is 0.416 e. The number of halogens is 4. The predicted octanol–water partition coefficient (Wildman–Crippen LogP) is 4.60. The second-order valence-corrected chi connectivity index (χ2v) is 11.9. The summed E-state index contributed by atoms with van der Waals surface area (Å²) in [6.07, 6.45) is 0.00636. The molecule has 1 aliphatic carbocycles. The van der Waals surface area contributed by atoms with E-state index in [1.165, 1.54) is 17.1 Å². The molecule has 1 aliphatic heterocycles. The SMILES string of the molecule is CC(C)(C)OC(=O)N1CCC2(CC(n3nc(-c4cnn(Cc5cc(C(F)(F)F)ccc5F)c4)c(C(N)=O)c3N)C2)C1. The molecule has 2 aliphatic rings. The maximum Gasteiger partial charge on any atom is 0.416 e. The lowest BCUT2D eigenvalue weighted by Gasteiger charge is -2.45. The second-order valence-electron chi connectivity index (χ2n) is 11.9. The van der Waals surface area contributed by atoms with E-state index < -0.39 is 29.1 Å². The van der Waals surface area contributed by atoms with Crippen molar-refractivity contribution in [2.75, 3.05) is 18.8 Å². The molecule has 2 amide bonds. The van der Waals surface area contributed by atoms with Crippen molar-refractivity contribution < 1.29 is 31.9 Å². The molecule has 3 heterocycles. The van der Waals surface area contributed by atoms with E-state index in [0.717, 1.165) is 18.6 Å². The van der Waals surface area contributed by atoms with Crippen LogP contribution in [0.3, 0.4) is 0 Å². The van der Waals surface area contributed by atoms with Gasteiger partial charge in [-0.3, -0.25) is 9.48 Å². The van der Waals surface area contributed by atoms with E-state index in [4.69, 9.17) is 16.2 Å². The molecule has 4 N–H and O–H groups in total. The van der Waals surface area contributed by atoms with E-state index in [-0.39, 0.29) is 46.7 Å². The van der Waals surface area contributed by atoms with Crippen LogP contribution >= 0.6 is 0 Å². The van der Waals surface area contributed by atoms with Crippen molar-refractivity contribution in [1.29, 1.82) is 0 Å². The Kier molecular flexibility index (Phi) is 6.77. The number of carbonyl (C=O) groups excluding carboxylic acids is 2. The number of primary amides is 1. The Morgan fingerprint density at radius 1 is 1.20 bits per heavy atom. The third-order valence-corrected chi connectivity index (χ3v) is 7.58. The summed E-state index contributed by atoms with van der Waals surface area (Å²) < 4.78 is 61.9. The standard InChI is InChI=1S/C27H31F4N7O3/c1-25(2,3)41-24(40)36-7-6-26(14-36)9-18(10-26)38-22(32)20(23(33)39)21(35-38)16-11-34-37(13-16)12-15-8-17(27(29,30)31)4-5-19(15)28/h4-5,8,11,13,18H,6-7,9-10,12,14,32H2,1-3H3,(H2,33,39). The van der Waals surface area contributed by atoms with Crippen molar-refractivity contribution >= 4 is 17.8 Å². The molecule has 41 heavy (non-hydrogen) atoms. The number of carbonyl (C=O) groups is 2. The molecule has 220 valence electrons. The van der Waals surface area contributed by atoms with Gasteiger partial charge >= 0.3 is 12.3 Å². The molecule has 1 saturated carbocycles. The number of anilines is 1. The third-order valence-electron chi connectivity index (χ3n) is 7.58. The number of likely N-dealkylation sites (tertiary alicyclic amines) is 1. The van der Waals surface area contributed by atoms with Crippen LogP contribution in [0.5, 0.6) is 0 Å². The van der Waals surface area contributed by atoms with Crippen molar-refractivity contribution in [2.24, 2.45) is 11.1 Å². The molecule has 0 radical (unpaired) electrons. The number of aromatic nitrogens is 4. The predicted molar refractivity (Wildman–Crippen MR) is 140 cm³/mol. The summed E-state index contributed by atoms with van der Waals surface area (Å²) in [6, 6.07) is 2.04. The Bertz CT molecular complexity index is 1500. The Morgan fingerprint density at radius 3 is 2.54 bits per heavy atom. The molecule has 2 fully saturated rings. The van der Waals surface area contributed by atoms with Crippen LogP contribution in [0, 0.1) is 11.2 Å². The summed E-state index contributed by atoms with van der Waals surface area (Å²) in [7, 11) is 0. The molecule has 0 bridgehead atoms. The van der Waals surface area contributed by atoms with Gasteiger partial charge in [0.2, 0.25) is 0 Å². The fourth-order valence-corrected chi connectivity index (χ4v) is 5.65. The fourth-order valence-electron chi connectivity index (χ4n) is 5.65. The quantitative estimate of drug-likeness (QED) is 0.426. The topological polar surface area (TPSA) is 134 Å². The summed E-state index contributed by atoms with van der Waals surface area (Å²) in [5.74, 6) is -1.52. The number of rotatable bonds is 5. The summed E-state index contributed by atoms with van der Waals surface area (Å²) in [5, 5.41) is 8.70. The van der Waals surface area contributed by atoms with E-state index in [1.807, 2.05) is 20.8 Å². The van der Waals surface area contributed by atoms with Crippen LogP contribution in [-0.2, 0) is 17.5 Å². The Hall–Kier alpha value is -4.10. The fraction of sp³-hybridized carbons (Fsp3) is 0.481. The number of hydrogen-bond donors (Lipinski definition) is 2. The lowest BCUT2D eigenvalue weighted by Crippen LogP contribution is -2.43. The van der Waals surface area contributed by atoms with Crippen molar-refractivity contribution in [3.05, 3.63) is 53.1 Å². The van der Waals surface area contributed by atoms with Gasteiger partial charge in [-0.2, -0.15) is 23.4 Å². The largest absolute Gasteiger partial charge is 0.444 e. The van der Waals surface area contributed by atoms with Crippen LogP contribution in [0.2, 0.25) is 0 Å². The normalized spacial score (nSPS) is 20.9. The highest BCUT2D eigenvalue weighted by atomic mass is 19.4. The summed E-state index contributed by atoms with van der Waals surface area (Å²) in [4.78, 5) is 26.6. The van der Waals surface area contributed by atoms with Gasteiger partial charge in [-0.25, -0.2) is 13.9 Å². The highest BCUT2D eigenvalue weighted by Gasteiger charge is 2.51. The molecule has 1 aromatic carbocycles. The van der Waals surface area contributed by atoms with E-state index in [9.17, 15) is 27.2 Å². The van der Waals surface area contributed by atoms with Gasteiger partial charge in [0.25, 0.3) is 5.91 Å². The van der Waals surface area contributed by atoms with E-state index in [1.54, 1.807) is 9.58 Å². The second kappa shape index (κ2) is 9.77. The zero-order chi connectivity index (χ0) is 29.9. The van der Waals surface area contributed by atoms with Crippen LogP contribution in [0.4, 0.5) is 28.2 Å². The lowest BCUT2D eigenvalue weighted by atomic mass is 9.65. The number of nitrogens with two attached hydrogens (primary N) is 2. The lowest BCUT2D eigenvalue weighted by molar-refractivity contribution is -0.137. The molecule has 5 rings (SSSR count). The van der Waals surface area contributed by atoms with Gasteiger partial charge in [-0.15, -0.1) is 0 Å². The first-order valence-electron chi connectivity index (χ1n) is 13.1. The van der Waals surface area contributed by atoms with Crippen molar-refractivity contribution in [3.63, 3.8) is 0 Å². The first-order valence-corrected chi connectivity index (χ1v) is 13.1. The number of nitrogen functional groups attached to an aromatic ring is 1. The van der Waals surface area contributed by atoms with Crippen molar-refractivity contribution in [1.82, 2.24) is 24.5 Å². The van der Waals surface area contributed by atoms with Gasteiger partial charge in [0.1, 0.15) is 28.5 Å². The minimum absolute atomic E-state index is 0.00227. The monoisotopic (exact) mass is 577 g/mol. The van der Waals surface area contributed by atoms with Gasteiger partial charge in [-0.1, -0.05) is 0 Å². The van der Waals surface area contributed by atoms with Gasteiger partial charge in [0.05, 0.1) is 24.3 Å². The van der Waals surface area contributed by atoms with Crippen LogP contribution in [-0.4, -0.2) is 55.2 Å². The van der Waals surface area contributed by atoms with Crippen molar-refractivity contribution in [3.8, 4) is 11.3 Å². The highest BCUT2D eigenvalue weighted by molar-refractivity contribution is 6.03. The summed E-state index contributed by atoms with van der Waals surface area (Å²) in [5.41, 5.74) is 10.6. The Morgan fingerprint density at radius 2 is 1.90 bits per heavy atom. The third kappa shape index (κ3) is 5.59. The molecule has 14 heteroatoms. The summed E-state index contributed by atoms with van der Waals surface area (Å²) >= 11 is 0. The molecule has 2 aromatic heterocycles. The minimum Gasteiger partial charge on any atom is -0.444 e. The molecular weight excluding hydrogens is 546 g/mol. The van der Waals surface area contributed by atoms with Gasteiger partial charge in [-0.05, 0) is 63.6 Å². The molecule has 0 unspecified atom stereocenters. The first-order chi connectivity index (χ1) is 19.1. The molecule has 1 saturated heterocycles. The maximum atomic E-state index is 14.3. The van der Waals surface area contributed by atoms with E-state index in [2.05, 4.69) is 10.2 Å². The van der Waals surface area contributed by atoms with Gasteiger partial charge in [0.15, 0.2) is 0 Å². The summed E-state index contributed by atoms with van der Waals surface area (Å²) in [6.45, 7) is 6.30. The van der Waals surface area contributed by atoms with Crippen molar-refractivity contribution in [2.45, 2.75) is 64.4 Å². The highest BCUT2D eigenvalue weighted by Crippen LogP contribution is 2.55. The van der Waals surface area contributed by atoms with E-state index in [0.29, 0.717) is 37.6 Å². The first kappa shape index (κ1) is 28.4. The molecule has 10 nitrogen and oxygen atoms in total. The van der Waals surface area contributed by atoms with Gasteiger partial charge < -0.3 is 21.1 Å². The number of amides is 2. The Labute approximate surface area is 233 Å². The number of hydrogen-bond acceptors (Lipinski definition) is 6. The minimum atomic E-state index is -4.62. The number of benzene rings is 1. The molecule has 3 aromatic rings. The van der Waals surface area contributed by atoms with Gasteiger partial charge in [0, 0.05) is 30.4 Å². The maximum absolute atomic E-state index is 14.3. The van der Waals surface area contributed by atoms with Crippen LogP contribution in [0.25, 0.3) is 11.3 Å². The average molecular weight is 578 g/mol. The molecule has 0 atom stereocenters. The van der Waals surface area contributed by atoms with Crippen LogP contribution in [0.15, 0.2) is 30.6 Å². The Balaban J connectivity index is 1.33. The van der Waals surface area contributed by atoms with Crippen LogP contribution < -0.4 is 11.5 Å². The zero-order valence-corrected chi connectivity index (χ0v) is 22.8. The zero-order valence-electron chi connectivity index (χ0n) is 22.8. The molecular formula is C27H31F4N7O3. The van der Waals surface area contributed by atoms with Crippen LogP contribution in [0.1, 0.15) is 67.6 Å². The number of nitrogens with zero attached hydrogens (tertiary/aromatic N) is 5.